The second-order valence-electron chi connectivity index (χ2n) is 5.82. The van der Waals surface area contributed by atoms with E-state index in [-0.39, 0.29) is 0 Å². The van der Waals surface area contributed by atoms with E-state index >= 15 is 0 Å². The molecule has 0 atom stereocenters. The average Bonchev–Trinajstić information content (AvgIpc) is 3.32. The van der Waals surface area contributed by atoms with Gasteiger partial charge in [0.2, 0.25) is 0 Å². The van der Waals surface area contributed by atoms with E-state index in [4.69, 9.17) is 4.31 Å². The van der Waals surface area contributed by atoms with Crippen LogP contribution in [0.5, 0.6) is 0 Å². The fourth-order valence-corrected chi connectivity index (χ4v) is 9.70. The SMILES string of the molecule is OP1(O)(O[PH](c2ccccc2)(c2ccccc2)c2ccccc2)OO1. The third kappa shape index (κ3) is 3.12. The minimum atomic E-state index is -5.01. The molecule has 3 aromatic carbocycles. The Labute approximate surface area is 146 Å². The van der Waals surface area contributed by atoms with Crippen LogP contribution in [0.1, 0.15) is 0 Å². The summed E-state index contributed by atoms with van der Waals surface area (Å²) in [6, 6.07) is 28.7. The Bertz CT molecular complexity index is 767. The summed E-state index contributed by atoms with van der Waals surface area (Å²) in [6.07, 6.45) is 0. The zero-order valence-corrected chi connectivity index (χ0v) is 15.1. The van der Waals surface area contributed by atoms with Gasteiger partial charge in [0, 0.05) is 0 Å². The molecule has 0 radical (unpaired) electrons. The van der Waals surface area contributed by atoms with Gasteiger partial charge in [0.15, 0.2) is 0 Å². The topological polar surface area (TPSA) is 74.8 Å². The molecule has 2 N–H and O–H groups in total. The summed E-state index contributed by atoms with van der Waals surface area (Å²) in [5.74, 6) is 0. The molecule has 0 spiro atoms. The molecule has 1 fully saturated rings. The monoisotopic (exact) mass is 376 g/mol. The van der Waals surface area contributed by atoms with E-state index in [1.54, 1.807) is 0 Å². The van der Waals surface area contributed by atoms with Crippen LogP contribution in [-0.2, 0) is 13.7 Å². The summed E-state index contributed by atoms with van der Waals surface area (Å²) in [7, 11) is -8.27. The Balaban J connectivity index is 2.01. The van der Waals surface area contributed by atoms with Crippen molar-refractivity contribution in [1.29, 1.82) is 0 Å². The van der Waals surface area contributed by atoms with Crippen LogP contribution in [0.3, 0.4) is 0 Å². The molecule has 1 aliphatic rings. The van der Waals surface area contributed by atoms with Crippen molar-refractivity contribution < 1.29 is 23.4 Å². The van der Waals surface area contributed by atoms with Gasteiger partial charge in [-0.05, 0) is 0 Å². The van der Waals surface area contributed by atoms with Gasteiger partial charge in [-0.15, -0.1) is 0 Å². The second kappa shape index (κ2) is 5.94. The van der Waals surface area contributed by atoms with E-state index in [9.17, 15) is 9.79 Å². The predicted octanol–water partition coefficient (Wildman–Crippen LogP) is 2.72. The first-order chi connectivity index (χ1) is 12.0. The van der Waals surface area contributed by atoms with Gasteiger partial charge >= 0.3 is 146 Å². The van der Waals surface area contributed by atoms with Gasteiger partial charge in [-0.1, -0.05) is 0 Å². The zero-order valence-electron chi connectivity index (χ0n) is 13.2. The molecule has 0 amide bonds. The molecule has 3 aromatic rings. The van der Waals surface area contributed by atoms with E-state index in [0.29, 0.717) is 0 Å². The average molecular weight is 376 g/mol. The maximum absolute atomic E-state index is 10.4. The van der Waals surface area contributed by atoms with Crippen LogP contribution in [-0.4, -0.2) is 9.79 Å². The van der Waals surface area contributed by atoms with Crippen molar-refractivity contribution in [3.05, 3.63) is 91.0 Å². The molecule has 1 heterocycles. The summed E-state index contributed by atoms with van der Waals surface area (Å²) in [5, 5.41) is 2.58. The Morgan fingerprint density at radius 1 is 0.600 bits per heavy atom. The Morgan fingerprint density at radius 2 is 0.920 bits per heavy atom. The fourth-order valence-electron chi connectivity index (χ4n) is 2.98. The van der Waals surface area contributed by atoms with Crippen LogP contribution in [0.15, 0.2) is 91.0 Å². The van der Waals surface area contributed by atoms with Crippen LogP contribution in [0.25, 0.3) is 0 Å². The molecule has 5 nitrogen and oxygen atoms in total. The van der Waals surface area contributed by atoms with E-state index in [1.165, 1.54) is 0 Å². The van der Waals surface area contributed by atoms with Crippen molar-refractivity contribution >= 4 is 31.1 Å². The van der Waals surface area contributed by atoms with E-state index < -0.39 is 15.2 Å². The number of hydrogen-bond acceptors (Lipinski definition) is 5. The molecule has 1 saturated heterocycles. The third-order valence-electron chi connectivity index (χ3n) is 4.10. The quantitative estimate of drug-likeness (QED) is 0.407. The van der Waals surface area contributed by atoms with E-state index in [0.717, 1.165) is 15.9 Å². The Hall–Kier alpha value is -1.68. The van der Waals surface area contributed by atoms with Gasteiger partial charge in [0.25, 0.3) is 0 Å². The van der Waals surface area contributed by atoms with Gasteiger partial charge in [-0.25, -0.2) is 0 Å². The molecule has 0 aliphatic carbocycles. The second-order valence-corrected chi connectivity index (χ2v) is 11.6. The first kappa shape index (κ1) is 16.8. The summed E-state index contributed by atoms with van der Waals surface area (Å²) in [5.41, 5.74) is 0. The van der Waals surface area contributed by atoms with Crippen molar-refractivity contribution in [2.45, 2.75) is 0 Å². The molecule has 25 heavy (non-hydrogen) atoms. The van der Waals surface area contributed by atoms with Crippen molar-refractivity contribution in [3.63, 3.8) is 0 Å². The molecular formula is C18H18O5P2. The maximum atomic E-state index is 10.4. The van der Waals surface area contributed by atoms with Gasteiger partial charge in [-0.3, -0.25) is 0 Å². The molecule has 4 rings (SSSR count). The predicted molar refractivity (Wildman–Crippen MR) is 101 cm³/mol. The van der Waals surface area contributed by atoms with Crippen LogP contribution < -0.4 is 15.9 Å². The Morgan fingerprint density at radius 3 is 1.20 bits per heavy atom. The third-order valence-corrected chi connectivity index (χ3v) is 10.4. The molecule has 0 bridgehead atoms. The molecule has 7 heteroatoms. The summed E-state index contributed by atoms with van der Waals surface area (Å²) < 4.78 is 15.1. The zero-order chi connectivity index (χ0) is 17.4. The standard InChI is InChI=1S/C18H18O5P2/c19-25(20,21-22-25)23-24(16-10-4-1-5-11-16,17-12-6-2-7-13-17)18-14-8-3-9-15-18/h1-15,19-20,24H. The first-order valence-electron chi connectivity index (χ1n) is 7.80. The van der Waals surface area contributed by atoms with Gasteiger partial charge in [-0.2, -0.15) is 0 Å². The molecule has 0 aromatic heterocycles. The first-order valence-corrected chi connectivity index (χ1v) is 11.6. The van der Waals surface area contributed by atoms with Crippen LogP contribution in [0, 0.1) is 0 Å². The Kier molecular flexibility index (Phi) is 3.99. The minimum absolute atomic E-state index is 0.860. The summed E-state index contributed by atoms with van der Waals surface area (Å²) >= 11 is 0. The van der Waals surface area contributed by atoms with Crippen molar-refractivity contribution in [2.75, 3.05) is 0 Å². The number of hydrogen-bond donors (Lipinski definition) is 2. The van der Waals surface area contributed by atoms with Crippen molar-refractivity contribution in [2.24, 2.45) is 0 Å². The van der Waals surface area contributed by atoms with Crippen LogP contribution in [0.2, 0.25) is 0 Å². The van der Waals surface area contributed by atoms with Crippen molar-refractivity contribution in [1.82, 2.24) is 0 Å². The number of benzene rings is 3. The van der Waals surface area contributed by atoms with E-state index in [2.05, 4.69) is 9.35 Å². The molecule has 1 aliphatic heterocycles. The molecule has 0 unspecified atom stereocenters. The van der Waals surface area contributed by atoms with Crippen molar-refractivity contribution in [3.8, 4) is 0 Å². The van der Waals surface area contributed by atoms with Crippen LogP contribution >= 0.6 is 15.2 Å². The number of rotatable bonds is 5. The molecule has 0 saturated carbocycles. The summed E-state index contributed by atoms with van der Waals surface area (Å²) in [4.78, 5) is 20.7. The fraction of sp³-hybridized carbons (Fsp3) is 0. The normalized spacial score (nSPS) is 20.2. The van der Waals surface area contributed by atoms with E-state index in [1.807, 2.05) is 91.0 Å². The molecule has 130 valence electrons. The van der Waals surface area contributed by atoms with Crippen LogP contribution in [0.4, 0.5) is 0 Å². The summed E-state index contributed by atoms with van der Waals surface area (Å²) in [6.45, 7) is 0. The van der Waals surface area contributed by atoms with Gasteiger partial charge in [0.1, 0.15) is 0 Å². The van der Waals surface area contributed by atoms with Gasteiger partial charge in [0.05, 0.1) is 0 Å². The molecular weight excluding hydrogens is 358 g/mol. The van der Waals surface area contributed by atoms with Gasteiger partial charge < -0.3 is 0 Å².